The number of nitrogens with one attached hydrogen (secondary N) is 1. The number of rotatable bonds is 6. The van der Waals surface area contributed by atoms with Crippen molar-refractivity contribution in [3.8, 4) is 0 Å². The smallest absolute Gasteiger partial charge is 0.0120 e. The number of piperidine rings is 2. The van der Waals surface area contributed by atoms with Crippen molar-refractivity contribution in [1.82, 2.24) is 15.1 Å². The minimum Gasteiger partial charge on any atom is -0.314 e. The Labute approximate surface area is 126 Å². The summed E-state index contributed by atoms with van der Waals surface area (Å²) in [6.45, 7) is 13.4. The molecular formula is C17H35N3. The normalized spacial score (nSPS) is 26.6. The van der Waals surface area contributed by atoms with Crippen LogP contribution in [-0.4, -0.2) is 60.6 Å². The Hall–Kier alpha value is -0.120. The molecule has 3 heteroatoms. The maximum atomic E-state index is 3.54. The fourth-order valence-corrected chi connectivity index (χ4v) is 4.07. The van der Waals surface area contributed by atoms with Gasteiger partial charge in [0.15, 0.2) is 0 Å². The summed E-state index contributed by atoms with van der Waals surface area (Å²) in [5.41, 5.74) is 0. The van der Waals surface area contributed by atoms with E-state index >= 15 is 0 Å². The van der Waals surface area contributed by atoms with E-state index in [1.165, 1.54) is 64.7 Å². The van der Waals surface area contributed by atoms with Crippen LogP contribution in [-0.2, 0) is 0 Å². The summed E-state index contributed by atoms with van der Waals surface area (Å²) in [6, 6.07) is 2.26. The van der Waals surface area contributed by atoms with E-state index in [0.717, 1.165) is 18.6 Å². The maximum Gasteiger partial charge on any atom is 0.0120 e. The minimum atomic E-state index is 0.648. The van der Waals surface area contributed by atoms with Gasteiger partial charge in [-0.2, -0.15) is 0 Å². The maximum absolute atomic E-state index is 3.54. The average Bonchev–Trinajstić information content (AvgIpc) is 2.48. The zero-order valence-electron chi connectivity index (χ0n) is 13.9. The molecule has 0 aliphatic carbocycles. The van der Waals surface area contributed by atoms with Gasteiger partial charge in [0.2, 0.25) is 0 Å². The lowest BCUT2D eigenvalue weighted by Crippen LogP contribution is -2.49. The zero-order chi connectivity index (χ0) is 14.4. The lowest BCUT2D eigenvalue weighted by molar-refractivity contribution is 0.0719. The fraction of sp³-hybridized carbons (Fsp3) is 1.00. The summed E-state index contributed by atoms with van der Waals surface area (Å²) in [6.07, 6.45) is 8.37. The number of hydrogen-bond donors (Lipinski definition) is 1. The molecule has 0 amide bonds. The van der Waals surface area contributed by atoms with Gasteiger partial charge in [-0.1, -0.05) is 13.3 Å². The van der Waals surface area contributed by atoms with E-state index in [1.54, 1.807) is 0 Å². The van der Waals surface area contributed by atoms with Crippen LogP contribution in [0.4, 0.5) is 0 Å². The summed E-state index contributed by atoms with van der Waals surface area (Å²) < 4.78 is 0. The predicted octanol–water partition coefficient (Wildman–Crippen LogP) is 2.71. The minimum absolute atomic E-state index is 0.648. The third-order valence-corrected chi connectivity index (χ3v) is 5.28. The standard InChI is InChI=1S/C17H35N3/c1-4-18-15(2)14-16(3)19-12-8-17(9-13-19)20-10-6-5-7-11-20/h15-18H,4-14H2,1-3H3. The van der Waals surface area contributed by atoms with Crippen LogP contribution in [0.2, 0.25) is 0 Å². The van der Waals surface area contributed by atoms with Crippen molar-refractivity contribution >= 4 is 0 Å². The molecule has 0 aromatic carbocycles. The fourth-order valence-electron chi connectivity index (χ4n) is 4.07. The first-order chi connectivity index (χ1) is 9.70. The third-order valence-electron chi connectivity index (χ3n) is 5.28. The van der Waals surface area contributed by atoms with Gasteiger partial charge in [-0.15, -0.1) is 0 Å². The second-order valence-corrected chi connectivity index (χ2v) is 6.91. The van der Waals surface area contributed by atoms with Gasteiger partial charge in [-0.05, 0) is 78.7 Å². The molecule has 1 N–H and O–H groups in total. The van der Waals surface area contributed by atoms with E-state index < -0.39 is 0 Å². The summed E-state index contributed by atoms with van der Waals surface area (Å²) in [7, 11) is 0. The van der Waals surface area contributed by atoms with Gasteiger partial charge in [0.05, 0.1) is 0 Å². The Bertz CT molecular complexity index is 255. The molecule has 2 atom stereocenters. The molecular weight excluding hydrogens is 246 g/mol. The van der Waals surface area contributed by atoms with Gasteiger partial charge in [-0.25, -0.2) is 0 Å². The third kappa shape index (κ3) is 4.71. The van der Waals surface area contributed by atoms with E-state index in [0.29, 0.717) is 6.04 Å². The molecule has 0 bridgehead atoms. The number of hydrogen-bond acceptors (Lipinski definition) is 3. The second kappa shape index (κ2) is 8.35. The summed E-state index contributed by atoms with van der Waals surface area (Å²) >= 11 is 0. The molecule has 0 aromatic heterocycles. The van der Waals surface area contributed by atoms with E-state index in [1.807, 2.05) is 0 Å². The highest BCUT2D eigenvalue weighted by Gasteiger charge is 2.27. The highest BCUT2D eigenvalue weighted by molar-refractivity contribution is 4.84. The molecule has 2 saturated heterocycles. The van der Waals surface area contributed by atoms with Gasteiger partial charge < -0.3 is 15.1 Å². The second-order valence-electron chi connectivity index (χ2n) is 6.91. The van der Waals surface area contributed by atoms with Crippen molar-refractivity contribution in [2.45, 2.75) is 77.4 Å². The van der Waals surface area contributed by atoms with Crippen molar-refractivity contribution in [3.05, 3.63) is 0 Å². The average molecular weight is 281 g/mol. The molecule has 2 heterocycles. The predicted molar refractivity (Wildman–Crippen MR) is 87.2 cm³/mol. The molecule has 0 spiro atoms. The van der Waals surface area contributed by atoms with Crippen LogP contribution in [0.25, 0.3) is 0 Å². The highest BCUT2D eigenvalue weighted by atomic mass is 15.2. The molecule has 20 heavy (non-hydrogen) atoms. The van der Waals surface area contributed by atoms with Crippen LogP contribution >= 0.6 is 0 Å². The van der Waals surface area contributed by atoms with Gasteiger partial charge >= 0.3 is 0 Å². The SMILES string of the molecule is CCNC(C)CC(C)N1CCC(N2CCCCC2)CC1. The summed E-state index contributed by atoms with van der Waals surface area (Å²) in [5, 5.41) is 3.54. The molecule has 118 valence electrons. The molecule has 0 saturated carbocycles. The van der Waals surface area contributed by atoms with Gasteiger partial charge in [0.1, 0.15) is 0 Å². The Morgan fingerprint density at radius 3 is 2.25 bits per heavy atom. The van der Waals surface area contributed by atoms with Crippen LogP contribution in [0.5, 0.6) is 0 Å². The monoisotopic (exact) mass is 281 g/mol. The lowest BCUT2D eigenvalue weighted by atomic mass is 9.97. The van der Waals surface area contributed by atoms with E-state index in [4.69, 9.17) is 0 Å². The first kappa shape index (κ1) is 16.3. The molecule has 2 fully saturated rings. The first-order valence-corrected chi connectivity index (χ1v) is 8.92. The Morgan fingerprint density at radius 2 is 1.65 bits per heavy atom. The first-order valence-electron chi connectivity index (χ1n) is 8.92. The topological polar surface area (TPSA) is 18.5 Å². The molecule has 3 nitrogen and oxygen atoms in total. The van der Waals surface area contributed by atoms with Crippen molar-refractivity contribution in [2.24, 2.45) is 0 Å². The van der Waals surface area contributed by atoms with Crippen molar-refractivity contribution in [2.75, 3.05) is 32.7 Å². The summed E-state index contributed by atoms with van der Waals surface area (Å²) in [4.78, 5) is 5.49. The lowest BCUT2D eigenvalue weighted by Gasteiger charge is -2.42. The van der Waals surface area contributed by atoms with Crippen molar-refractivity contribution in [1.29, 1.82) is 0 Å². The van der Waals surface area contributed by atoms with Crippen LogP contribution in [0, 0.1) is 0 Å². The van der Waals surface area contributed by atoms with Gasteiger partial charge in [-0.3, -0.25) is 0 Å². The van der Waals surface area contributed by atoms with Crippen LogP contribution in [0.3, 0.4) is 0 Å². The zero-order valence-corrected chi connectivity index (χ0v) is 13.9. The Kier molecular flexibility index (Phi) is 6.79. The molecule has 0 radical (unpaired) electrons. The summed E-state index contributed by atoms with van der Waals surface area (Å²) in [5.74, 6) is 0. The Balaban J connectivity index is 1.70. The van der Waals surface area contributed by atoms with E-state index in [9.17, 15) is 0 Å². The van der Waals surface area contributed by atoms with Gasteiger partial charge in [0, 0.05) is 18.1 Å². The van der Waals surface area contributed by atoms with E-state index in [-0.39, 0.29) is 0 Å². The molecule has 2 rings (SSSR count). The van der Waals surface area contributed by atoms with Crippen LogP contribution < -0.4 is 5.32 Å². The highest BCUT2D eigenvalue weighted by Crippen LogP contribution is 2.22. The van der Waals surface area contributed by atoms with Crippen LogP contribution in [0.15, 0.2) is 0 Å². The van der Waals surface area contributed by atoms with Crippen molar-refractivity contribution in [3.63, 3.8) is 0 Å². The Morgan fingerprint density at radius 1 is 1.00 bits per heavy atom. The van der Waals surface area contributed by atoms with Crippen LogP contribution in [0.1, 0.15) is 59.3 Å². The molecule has 2 aliphatic heterocycles. The van der Waals surface area contributed by atoms with Gasteiger partial charge in [0.25, 0.3) is 0 Å². The number of nitrogens with zero attached hydrogens (tertiary/aromatic N) is 2. The van der Waals surface area contributed by atoms with Crippen molar-refractivity contribution < 1.29 is 0 Å². The largest absolute Gasteiger partial charge is 0.314 e. The number of likely N-dealkylation sites (tertiary alicyclic amines) is 2. The molecule has 0 aromatic rings. The molecule has 2 unspecified atom stereocenters. The molecule has 2 aliphatic rings. The van der Waals surface area contributed by atoms with E-state index in [2.05, 4.69) is 35.9 Å². The quantitative estimate of drug-likeness (QED) is 0.807.